The smallest absolute Gasteiger partial charge is 0.272 e. The van der Waals surface area contributed by atoms with Crippen molar-refractivity contribution >= 4 is 34.0 Å². The normalized spacial score (nSPS) is 10.8. The summed E-state index contributed by atoms with van der Waals surface area (Å²) in [5.74, 6) is -0.899. The van der Waals surface area contributed by atoms with Crippen molar-refractivity contribution in [3.63, 3.8) is 0 Å². The maximum absolute atomic E-state index is 14.5. The van der Waals surface area contributed by atoms with Crippen LogP contribution < -0.4 is 11.1 Å². The zero-order valence-corrected chi connectivity index (χ0v) is 14.1. The molecule has 2 aromatic heterocycles. The van der Waals surface area contributed by atoms with Crippen LogP contribution in [0, 0.1) is 5.82 Å². The molecule has 2 heterocycles. The van der Waals surface area contributed by atoms with Gasteiger partial charge < -0.3 is 11.1 Å². The standard InChI is InChI=1S/C17H15ClFN5O/c1-2-5-23-17(25)15-13(20)9-3-4-11(19)12(10(9)8-24-15)14-16(18)22-7-6-21-14/h3-4,6-8H,2,5,20H2,1H3,(H,23,25). The van der Waals surface area contributed by atoms with E-state index in [1.54, 1.807) is 0 Å². The predicted octanol–water partition coefficient (Wildman–Crippen LogP) is 3.21. The highest BCUT2D eigenvalue weighted by Crippen LogP contribution is 2.35. The van der Waals surface area contributed by atoms with Gasteiger partial charge in [-0.3, -0.25) is 9.78 Å². The summed E-state index contributed by atoms with van der Waals surface area (Å²) in [6.07, 6.45) is 5.02. The minimum atomic E-state index is -0.528. The summed E-state index contributed by atoms with van der Waals surface area (Å²) in [5.41, 5.74) is 6.73. The number of anilines is 1. The second kappa shape index (κ2) is 6.98. The molecule has 0 aliphatic rings. The molecular weight excluding hydrogens is 345 g/mol. The molecule has 6 nitrogen and oxygen atoms in total. The van der Waals surface area contributed by atoms with E-state index in [0.717, 1.165) is 6.42 Å². The van der Waals surface area contributed by atoms with E-state index in [-0.39, 0.29) is 33.7 Å². The molecule has 8 heteroatoms. The highest BCUT2D eigenvalue weighted by atomic mass is 35.5. The number of amides is 1. The lowest BCUT2D eigenvalue weighted by molar-refractivity contribution is 0.0950. The molecule has 0 spiro atoms. The third-order valence-corrected chi connectivity index (χ3v) is 3.98. The number of carbonyl (C=O) groups is 1. The van der Waals surface area contributed by atoms with Crippen molar-refractivity contribution < 1.29 is 9.18 Å². The Labute approximate surface area is 148 Å². The van der Waals surface area contributed by atoms with Crippen molar-refractivity contribution in [1.82, 2.24) is 20.3 Å². The summed E-state index contributed by atoms with van der Waals surface area (Å²) in [4.78, 5) is 24.3. The van der Waals surface area contributed by atoms with Gasteiger partial charge in [0.05, 0.1) is 5.69 Å². The number of hydrogen-bond acceptors (Lipinski definition) is 5. The van der Waals surface area contributed by atoms with Crippen LogP contribution in [0.25, 0.3) is 22.0 Å². The average Bonchev–Trinajstić information content (AvgIpc) is 2.61. The van der Waals surface area contributed by atoms with Gasteiger partial charge in [-0.25, -0.2) is 14.4 Å². The van der Waals surface area contributed by atoms with Crippen LogP contribution in [-0.2, 0) is 0 Å². The van der Waals surface area contributed by atoms with Gasteiger partial charge in [0.2, 0.25) is 0 Å². The number of fused-ring (bicyclic) bond motifs is 1. The van der Waals surface area contributed by atoms with Gasteiger partial charge in [-0.2, -0.15) is 0 Å². The molecule has 0 unspecified atom stereocenters. The van der Waals surface area contributed by atoms with Crippen molar-refractivity contribution in [2.75, 3.05) is 12.3 Å². The van der Waals surface area contributed by atoms with E-state index in [1.807, 2.05) is 6.92 Å². The van der Waals surface area contributed by atoms with E-state index in [2.05, 4.69) is 20.3 Å². The molecule has 128 valence electrons. The van der Waals surface area contributed by atoms with Crippen molar-refractivity contribution in [3.05, 3.63) is 47.4 Å². The Morgan fingerprint density at radius 3 is 2.72 bits per heavy atom. The van der Waals surface area contributed by atoms with Gasteiger partial charge in [-0.05, 0) is 18.6 Å². The fraction of sp³-hybridized carbons (Fsp3) is 0.176. The maximum atomic E-state index is 14.5. The van der Waals surface area contributed by atoms with Crippen LogP contribution in [0.2, 0.25) is 5.15 Å². The van der Waals surface area contributed by atoms with Gasteiger partial charge in [-0.15, -0.1) is 0 Å². The molecule has 0 atom stereocenters. The zero-order valence-electron chi connectivity index (χ0n) is 13.4. The number of nitrogen functional groups attached to an aromatic ring is 1. The Balaban J connectivity index is 2.21. The number of rotatable bonds is 4. The van der Waals surface area contributed by atoms with Gasteiger partial charge in [0.25, 0.3) is 5.91 Å². The lowest BCUT2D eigenvalue weighted by atomic mass is 10.0. The monoisotopic (exact) mass is 359 g/mol. The molecule has 25 heavy (non-hydrogen) atoms. The molecule has 1 aromatic carbocycles. The lowest BCUT2D eigenvalue weighted by Gasteiger charge is -2.12. The van der Waals surface area contributed by atoms with Crippen molar-refractivity contribution in [2.45, 2.75) is 13.3 Å². The quantitative estimate of drug-likeness (QED) is 0.746. The van der Waals surface area contributed by atoms with E-state index >= 15 is 0 Å². The topological polar surface area (TPSA) is 93.8 Å². The van der Waals surface area contributed by atoms with Crippen LogP contribution in [0.3, 0.4) is 0 Å². The number of pyridine rings is 1. The number of halogens is 2. The first-order valence-corrected chi connectivity index (χ1v) is 8.04. The van der Waals surface area contributed by atoms with Crippen LogP contribution in [-0.4, -0.2) is 27.4 Å². The van der Waals surface area contributed by atoms with Crippen LogP contribution in [0.15, 0.2) is 30.7 Å². The number of nitrogens with one attached hydrogen (secondary N) is 1. The van der Waals surface area contributed by atoms with Gasteiger partial charge in [0, 0.05) is 41.5 Å². The van der Waals surface area contributed by atoms with Crippen molar-refractivity contribution in [2.24, 2.45) is 0 Å². The van der Waals surface area contributed by atoms with E-state index in [1.165, 1.54) is 30.7 Å². The Morgan fingerprint density at radius 1 is 1.24 bits per heavy atom. The number of nitrogens with two attached hydrogens (primary N) is 1. The largest absolute Gasteiger partial charge is 0.396 e. The molecule has 1 amide bonds. The highest BCUT2D eigenvalue weighted by Gasteiger charge is 2.20. The van der Waals surface area contributed by atoms with Gasteiger partial charge in [-0.1, -0.05) is 18.5 Å². The molecule has 0 aliphatic carbocycles. The number of benzene rings is 1. The Bertz CT molecular complexity index is 963. The SMILES string of the molecule is CCCNC(=O)c1ncc2c(-c3nccnc3Cl)c(F)ccc2c1N. The van der Waals surface area contributed by atoms with Crippen molar-refractivity contribution in [1.29, 1.82) is 0 Å². The second-order valence-corrected chi connectivity index (χ2v) is 5.71. The molecule has 0 fully saturated rings. The summed E-state index contributed by atoms with van der Waals surface area (Å²) in [7, 11) is 0. The van der Waals surface area contributed by atoms with Gasteiger partial charge in [0.15, 0.2) is 10.8 Å². The predicted molar refractivity (Wildman–Crippen MR) is 94.8 cm³/mol. The fourth-order valence-electron chi connectivity index (χ4n) is 2.52. The van der Waals surface area contributed by atoms with Crippen molar-refractivity contribution in [3.8, 4) is 11.3 Å². The van der Waals surface area contributed by atoms with E-state index < -0.39 is 5.82 Å². The first-order valence-electron chi connectivity index (χ1n) is 7.66. The number of hydrogen-bond donors (Lipinski definition) is 2. The molecule has 0 saturated carbocycles. The Kier molecular flexibility index (Phi) is 4.76. The maximum Gasteiger partial charge on any atom is 0.272 e. The minimum absolute atomic E-state index is 0.0669. The second-order valence-electron chi connectivity index (χ2n) is 5.36. The molecule has 0 aliphatic heterocycles. The molecule has 0 bridgehead atoms. The third-order valence-electron chi connectivity index (χ3n) is 3.70. The molecule has 3 rings (SSSR count). The fourth-order valence-corrected chi connectivity index (χ4v) is 2.72. The lowest BCUT2D eigenvalue weighted by Crippen LogP contribution is -2.26. The average molecular weight is 360 g/mol. The molecule has 3 N–H and O–H groups in total. The Morgan fingerprint density at radius 2 is 2.00 bits per heavy atom. The first-order chi connectivity index (χ1) is 12.0. The number of carbonyl (C=O) groups excluding carboxylic acids is 1. The summed E-state index contributed by atoms with van der Waals surface area (Å²) in [6, 6.07) is 2.76. The minimum Gasteiger partial charge on any atom is -0.396 e. The number of nitrogens with zero attached hydrogens (tertiary/aromatic N) is 3. The van der Waals surface area contributed by atoms with E-state index in [9.17, 15) is 9.18 Å². The molecule has 3 aromatic rings. The van der Waals surface area contributed by atoms with E-state index in [4.69, 9.17) is 17.3 Å². The summed E-state index contributed by atoms with van der Waals surface area (Å²) in [5, 5.41) is 3.69. The molecular formula is C17H15ClFN5O. The zero-order chi connectivity index (χ0) is 18.0. The van der Waals surface area contributed by atoms with Gasteiger partial charge in [0.1, 0.15) is 11.5 Å². The van der Waals surface area contributed by atoms with Crippen LogP contribution in [0.4, 0.5) is 10.1 Å². The number of aromatic nitrogens is 3. The molecule has 0 saturated heterocycles. The van der Waals surface area contributed by atoms with Gasteiger partial charge >= 0.3 is 0 Å². The molecule has 0 radical (unpaired) electrons. The van der Waals surface area contributed by atoms with Crippen LogP contribution in [0.5, 0.6) is 0 Å². The summed E-state index contributed by atoms with van der Waals surface area (Å²) >= 11 is 6.05. The Hall–Kier alpha value is -2.80. The highest BCUT2D eigenvalue weighted by molar-refractivity contribution is 6.32. The summed E-state index contributed by atoms with van der Waals surface area (Å²) < 4.78 is 14.5. The van der Waals surface area contributed by atoms with Crippen LogP contribution >= 0.6 is 11.6 Å². The third kappa shape index (κ3) is 3.10. The first kappa shape index (κ1) is 17.0. The summed E-state index contributed by atoms with van der Waals surface area (Å²) in [6.45, 7) is 2.46. The van der Waals surface area contributed by atoms with Crippen LogP contribution in [0.1, 0.15) is 23.8 Å². The van der Waals surface area contributed by atoms with E-state index in [0.29, 0.717) is 17.3 Å².